The van der Waals surface area contributed by atoms with Gasteiger partial charge in [0.05, 0.1) is 12.0 Å². The maximum Gasteiger partial charge on any atom is 0.416 e. The van der Waals surface area contributed by atoms with Gasteiger partial charge in [0.25, 0.3) is 5.91 Å². The summed E-state index contributed by atoms with van der Waals surface area (Å²) in [6.45, 7) is 2.01. The number of rotatable bonds is 6. The molecule has 0 radical (unpaired) electrons. The average Bonchev–Trinajstić information content (AvgIpc) is 3.22. The molecule has 2 saturated heterocycles. The first-order chi connectivity index (χ1) is 18.1. The van der Waals surface area contributed by atoms with Crippen LogP contribution in [-0.2, 0) is 30.0 Å². The summed E-state index contributed by atoms with van der Waals surface area (Å²) in [6.07, 6.45) is 0.415. The smallest absolute Gasteiger partial charge is 0.416 e. The molecule has 206 valence electrons. The molecule has 5 atom stereocenters. The minimum Gasteiger partial charge on any atom is -0.433 e. The summed E-state index contributed by atoms with van der Waals surface area (Å²) in [7, 11) is 0. The molecule has 38 heavy (non-hydrogen) atoms. The normalized spacial score (nSPS) is 27.7. The Hall–Kier alpha value is -3.41. The molecule has 0 aliphatic carbocycles. The zero-order valence-corrected chi connectivity index (χ0v) is 20.8. The fourth-order valence-corrected chi connectivity index (χ4v) is 5.12. The molecule has 0 saturated carbocycles. The number of benzene rings is 1. The summed E-state index contributed by atoms with van der Waals surface area (Å²) in [6, 6.07) is 1.06. The van der Waals surface area contributed by atoms with Crippen LogP contribution in [0.25, 0.3) is 0 Å². The van der Waals surface area contributed by atoms with Crippen LogP contribution in [0.4, 0.5) is 13.2 Å². The Balaban J connectivity index is 1.52. The molecule has 1 aromatic carbocycles. The number of hydrogen-bond donors (Lipinski definition) is 2. The molecule has 3 aliphatic heterocycles. The number of ether oxygens (including phenoxy) is 2. The maximum absolute atomic E-state index is 13.7. The molecule has 12 heteroatoms. The van der Waals surface area contributed by atoms with Gasteiger partial charge in [0.15, 0.2) is 0 Å². The van der Waals surface area contributed by atoms with Gasteiger partial charge in [-0.3, -0.25) is 19.2 Å². The van der Waals surface area contributed by atoms with Crippen LogP contribution in [0.1, 0.15) is 61.4 Å². The molecule has 4 rings (SSSR count). The third kappa shape index (κ3) is 6.17. The Bertz CT molecular complexity index is 1110. The lowest BCUT2D eigenvalue weighted by atomic mass is 9.90. The molecule has 2 N–H and O–H groups in total. The van der Waals surface area contributed by atoms with E-state index >= 15 is 0 Å². The number of alkyl halides is 3. The highest BCUT2D eigenvalue weighted by Crippen LogP contribution is 2.31. The van der Waals surface area contributed by atoms with E-state index in [1.807, 2.05) is 6.08 Å². The number of nitrogens with zero attached hydrogens (tertiary/aromatic N) is 1. The third-order valence-electron chi connectivity index (χ3n) is 6.92. The van der Waals surface area contributed by atoms with E-state index in [2.05, 4.69) is 10.6 Å². The zero-order chi connectivity index (χ0) is 27.4. The number of fused-ring (bicyclic) bond motifs is 1. The summed E-state index contributed by atoms with van der Waals surface area (Å²) in [4.78, 5) is 53.2. The lowest BCUT2D eigenvalue weighted by Gasteiger charge is -2.43. The van der Waals surface area contributed by atoms with Crippen molar-refractivity contribution in [1.29, 1.82) is 0 Å². The Morgan fingerprint density at radius 3 is 2.63 bits per heavy atom. The van der Waals surface area contributed by atoms with E-state index in [1.165, 1.54) is 11.0 Å². The second-order valence-electron chi connectivity index (χ2n) is 9.53. The fourth-order valence-electron chi connectivity index (χ4n) is 5.12. The summed E-state index contributed by atoms with van der Waals surface area (Å²) in [5.74, 6) is -2.26. The molecule has 2 fully saturated rings. The molecule has 0 aromatic heterocycles. The topological polar surface area (TPSA) is 114 Å². The van der Waals surface area contributed by atoms with Crippen LogP contribution in [-0.4, -0.2) is 65.7 Å². The zero-order valence-electron chi connectivity index (χ0n) is 20.8. The van der Waals surface area contributed by atoms with Crippen molar-refractivity contribution in [1.82, 2.24) is 15.5 Å². The first-order valence-corrected chi connectivity index (χ1v) is 12.6. The van der Waals surface area contributed by atoms with Crippen molar-refractivity contribution in [3.05, 3.63) is 47.5 Å². The highest BCUT2D eigenvalue weighted by Gasteiger charge is 2.44. The van der Waals surface area contributed by atoms with Gasteiger partial charge in [0, 0.05) is 18.2 Å². The predicted molar refractivity (Wildman–Crippen MR) is 127 cm³/mol. The van der Waals surface area contributed by atoms with E-state index in [0.717, 1.165) is 18.2 Å². The van der Waals surface area contributed by atoms with Gasteiger partial charge < -0.3 is 25.0 Å². The van der Waals surface area contributed by atoms with Gasteiger partial charge in [0.1, 0.15) is 18.1 Å². The van der Waals surface area contributed by atoms with Crippen molar-refractivity contribution in [2.75, 3.05) is 6.61 Å². The number of nitrogens with one attached hydrogen (secondary N) is 2. The average molecular weight is 538 g/mol. The molecule has 3 heterocycles. The SMILES string of the molecule is CCOC1OC(=O)CC1NC(=O)[C@@H]1CCC[C@@H]2CC=CC[C@H](NC(=O)c3cccc(C(F)(F)F)c3)C(=O)N21. The minimum atomic E-state index is -4.62. The number of cyclic esters (lactones) is 1. The van der Waals surface area contributed by atoms with Crippen molar-refractivity contribution in [2.45, 2.75) is 82.1 Å². The van der Waals surface area contributed by atoms with E-state index < -0.39 is 59.8 Å². The molecule has 2 unspecified atom stereocenters. The largest absolute Gasteiger partial charge is 0.433 e. The van der Waals surface area contributed by atoms with Crippen LogP contribution >= 0.6 is 0 Å². The van der Waals surface area contributed by atoms with E-state index in [4.69, 9.17) is 9.47 Å². The predicted octanol–water partition coefficient (Wildman–Crippen LogP) is 2.70. The number of hydrogen-bond acceptors (Lipinski definition) is 6. The number of piperidine rings is 1. The van der Waals surface area contributed by atoms with Crippen LogP contribution in [0, 0.1) is 0 Å². The van der Waals surface area contributed by atoms with Crippen LogP contribution < -0.4 is 10.6 Å². The first-order valence-electron chi connectivity index (χ1n) is 12.6. The molecule has 3 amide bonds. The summed E-state index contributed by atoms with van der Waals surface area (Å²) >= 11 is 0. The molecule has 3 aliphatic rings. The number of carbonyl (C=O) groups is 4. The van der Waals surface area contributed by atoms with Gasteiger partial charge in [0.2, 0.25) is 18.1 Å². The molecule has 0 spiro atoms. The lowest BCUT2D eigenvalue weighted by Crippen LogP contribution is -2.62. The lowest BCUT2D eigenvalue weighted by molar-refractivity contribution is -0.165. The Labute approximate surface area is 217 Å². The maximum atomic E-state index is 13.7. The summed E-state index contributed by atoms with van der Waals surface area (Å²) in [5, 5.41) is 5.35. The molecular weight excluding hydrogens is 507 g/mol. The van der Waals surface area contributed by atoms with Gasteiger partial charge in [-0.25, -0.2) is 0 Å². The number of halogens is 3. The van der Waals surface area contributed by atoms with Crippen molar-refractivity contribution in [3.63, 3.8) is 0 Å². The summed E-state index contributed by atoms with van der Waals surface area (Å²) < 4.78 is 49.9. The van der Waals surface area contributed by atoms with E-state index in [9.17, 15) is 32.3 Å². The molecule has 9 nitrogen and oxygen atoms in total. The van der Waals surface area contributed by atoms with Crippen molar-refractivity contribution in [3.8, 4) is 0 Å². The fraction of sp³-hybridized carbons (Fsp3) is 0.538. The number of esters is 1. The van der Waals surface area contributed by atoms with Crippen molar-refractivity contribution >= 4 is 23.7 Å². The van der Waals surface area contributed by atoms with Crippen molar-refractivity contribution < 1.29 is 41.8 Å². The van der Waals surface area contributed by atoms with Gasteiger partial charge in [-0.05, 0) is 57.2 Å². The monoisotopic (exact) mass is 537 g/mol. The van der Waals surface area contributed by atoms with Gasteiger partial charge in [-0.1, -0.05) is 18.2 Å². The quantitative estimate of drug-likeness (QED) is 0.426. The highest BCUT2D eigenvalue weighted by molar-refractivity contribution is 5.99. The third-order valence-corrected chi connectivity index (χ3v) is 6.92. The standard InChI is InChI=1S/C26H30F3N3O6/c1-2-37-25-19(14-21(33)38-25)31-23(35)20-12-6-10-17-9-3-4-11-18(24(36)32(17)20)30-22(34)15-7-5-8-16(13-15)26(27,28)29/h3-5,7-8,13,17-20,25H,2,6,9-12,14H2,1H3,(H,30,34)(H,31,35)/t17-,18-,19?,20-,25?/m0/s1. The minimum absolute atomic E-state index is 0.0566. The van der Waals surface area contributed by atoms with Crippen LogP contribution in [0.3, 0.4) is 0 Å². The van der Waals surface area contributed by atoms with E-state index in [1.54, 1.807) is 13.0 Å². The summed E-state index contributed by atoms with van der Waals surface area (Å²) in [5.41, 5.74) is -1.20. The number of carbonyl (C=O) groups excluding carboxylic acids is 4. The molecule has 1 aromatic rings. The second-order valence-corrected chi connectivity index (χ2v) is 9.53. The Morgan fingerprint density at radius 2 is 1.89 bits per heavy atom. The van der Waals surface area contributed by atoms with Gasteiger partial charge >= 0.3 is 12.1 Å². The van der Waals surface area contributed by atoms with E-state index in [-0.39, 0.29) is 31.1 Å². The van der Waals surface area contributed by atoms with Crippen molar-refractivity contribution in [2.24, 2.45) is 0 Å². The Kier molecular flexibility index (Phi) is 8.39. The molecular formula is C26H30F3N3O6. The van der Waals surface area contributed by atoms with Gasteiger partial charge in [-0.15, -0.1) is 0 Å². The van der Waals surface area contributed by atoms with Crippen LogP contribution in [0.2, 0.25) is 0 Å². The van der Waals surface area contributed by atoms with Crippen LogP contribution in [0.15, 0.2) is 36.4 Å². The van der Waals surface area contributed by atoms with E-state index in [0.29, 0.717) is 25.7 Å². The number of amides is 3. The second kappa shape index (κ2) is 11.5. The van der Waals surface area contributed by atoms with Crippen LogP contribution in [0.5, 0.6) is 0 Å². The van der Waals surface area contributed by atoms with Gasteiger partial charge in [-0.2, -0.15) is 13.2 Å². The highest BCUT2D eigenvalue weighted by atomic mass is 19.4. The first kappa shape index (κ1) is 27.6. The molecule has 0 bridgehead atoms. The Morgan fingerprint density at radius 1 is 1.13 bits per heavy atom.